The Hall–Kier alpha value is -0.0800. The van der Waals surface area contributed by atoms with Crippen LogP contribution in [0.3, 0.4) is 0 Å². The van der Waals surface area contributed by atoms with E-state index in [-0.39, 0.29) is 5.60 Å². The van der Waals surface area contributed by atoms with Crippen molar-refractivity contribution in [2.45, 2.75) is 65.1 Å². The molecule has 2 heteroatoms. The summed E-state index contributed by atoms with van der Waals surface area (Å²) >= 11 is 0. The van der Waals surface area contributed by atoms with Gasteiger partial charge in [0.2, 0.25) is 0 Å². The monoisotopic (exact) mass is 199 g/mol. The standard InChI is InChI=1S/C12H25NO/c1-10(2)13-8-6-7-11(13)9-14-12(3,4)5/h10-11H,6-9H2,1-5H3/t11-/m0/s1. The van der Waals surface area contributed by atoms with Crippen LogP contribution in [-0.4, -0.2) is 35.7 Å². The zero-order valence-corrected chi connectivity index (χ0v) is 10.3. The van der Waals surface area contributed by atoms with Crippen LogP contribution in [0.2, 0.25) is 0 Å². The van der Waals surface area contributed by atoms with Crippen molar-refractivity contribution in [3.05, 3.63) is 0 Å². The molecule has 2 nitrogen and oxygen atoms in total. The fourth-order valence-corrected chi connectivity index (χ4v) is 2.06. The summed E-state index contributed by atoms with van der Waals surface area (Å²) in [6, 6.07) is 1.31. The van der Waals surface area contributed by atoms with E-state index in [1.54, 1.807) is 0 Å². The maximum atomic E-state index is 5.85. The first kappa shape index (κ1) is 12.0. The van der Waals surface area contributed by atoms with Crippen molar-refractivity contribution >= 4 is 0 Å². The van der Waals surface area contributed by atoms with Gasteiger partial charge >= 0.3 is 0 Å². The van der Waals surface area contributed by atoms with Crippen molar-refractivity contribution < 1.29 is 4.74 Å². The Kier molecular flexibility index (Phi) is 3.96. The molecule has 1 aliphatic heterocycles. The van der Waals surface area contributed by atoms with Crippen LogP contribution in [-0.2, 0) is 4.74 Å². The minimum Gasteiger partial charge on any atom is -0.374 e. The van der Waals surface area contributed by atoms with Crippen LogP contribution in [0.15, 0.2) is 0 Å². The molecule has 1 rings (SSSR count). The van der Waals surface area contributed by atoms with Crippen LogP contribution in [0, 0.1) is 0 Å². The molecular weight excluding hydrogens is 174 g/mol. The van der Waals surface area contributed by atoms with E-state index in [1.807, 2.05) is 0 Å². The van der Waals surface area contributed by atoms with Gasteiger partial charge in [-0.2, -0.15) is 0 Å². The van der Waals surface area contributed by atoms with Gasteiger partial charge in [-0.15, -0.1) is 0 Å². The molecule has 0 aliphatic carbocycles. The lowest BCUT2D eigenvalue weighted by atomic mass is 10.1. The van der Waals surface area contributed by atoms with Gasteiger partial charge in [0.05, 0.1) is 12.2 Å². The Balaban J connectivity index is 2.36. The summed E-state index contributed by atoms with van der Waals surface area (Å²) in [7, 11) is 0. The molecule has 1 atom stereocenters. The predicted molar refractivity (Wildman–Crippen MR) is 60.6 cm³/mol. The molecule has 1 aliphatic rings. The number of hydrogen-bond acceptors (Lipinski definition) is 2. The first-order chi connectivity index (χ1) is 6.40. The first-order valence-electron chi connectivity index (χ1n) is 5.80. The molecule has 0 spiro atoms. The Bertz CT molecular complexity index is 172. The maximum absolute atomic E-state index is 5.85. The Morgan fingerprint density at radius 1 is 1.36 bits per heavy atom. The summed E-state index contributed by atoms with van der Waals surface area (Å²) in [5, 5.41) is 0. The molecule has 1 heterocycles. The van der Waals surface area contributed by atoms with Crippen molar-refractivity contribution in [3.8, 4) is 0 Å². The van der Waals surface area contributed by atoms with Crippen LogP contribution < -0.4 is 0 Å². The van der Waals surface area contributed by atoms with Gasteiger partial charge in [-0.1, -0.05) is 0 Å². The highest BCUT2D eigenvalue weighted by atomic mass is 16.5. The predicted octanol–water partition coefficient (Wildman–Crippen LogP) is 2.67. The zero-order chi connectivity index (χ0) is 10.8. The summed E-state index contributed by atoms with van der Waals surface area (Å²) in [6.45, 7) is 13.1. The van der Waals surface area contributed by atoms with E-state index >= 15 is 0 Å². The summed E-state index contributed by atoms with van der Waals surface area (Å²) in [5.74, 6) is 0. The normalized spacial score (nSPS) is 24.9. The van der Waals surface area contributed by atoms with Gasteiger partial charge in [-0.25, -0.2) is 0 Å². The number of ether oxygens (including phenoxy) is 1. The SMILES string of the molecule is CC(C)N1CCC[C@H]1COC(C)(C)C. The van der Waals surface area contributed by atoms with Gasteiger partial charge in [-0.05, 0) is 54.0 Å². The van der Waals surface area contributed by atoms with Gasteiger partial charge in [0.1, 0.15) is 0 Å². The van der Waals surface area contributed by atoms with Crippen LogP contribution in [0.5, 0.6) is 0 Å². The van der Waals surface area contributed by atoms with E-state index in [1.165, 1.54) is 19.4 Å². The number of likely N-dealkylation sites (tertiary alicyclic amines) is 1. The minimum atomic E-state index is 0.00520. The van der Waals surface area contributed by atoms with E-state index in [2.05, 4.69) is 39.5 Å². The second-order valence-electron chi connectivity index (χ2n) is 5.55. The van der Waals surface area contributed by atoms with Crippen LogP contribution in [0.4, 0.5) is 0 Å². The largest absolute Gasteiger partial charge is 0.374 e. The van der Waals surface area contributed by atoms with E-state index in [4.69, 9.17) is 4.74 Å². The van der Waals surface area contributed by atoms with Gasteiger partial charge in [0.15, 0.2) is 0 Å². The highest BCUT2D eigenvalue weighted by Gasteiger charge is 2.27. The lowest BCUT2D eigenvalue weighted by Gasteiger charge is -2.30. The summed E-state index contributed by atoms with van der Waals surface area (Å²) < 4.78 is 5.85. The highest BCUT2D eigenvalue weighted by molar-refractivity contribution is 4.81. The second-order valence-corrected chi connectivity index (χ2v) is 5.55. The molecule has 0 bridgehead atoms. The Morgan fingerprint density at radius 3 is 2.50 bits per heavy atom. The maximum Gasteiger partial charge on any atom is 0.0629 e. The smallest absolute Gasteiger partial charge is 0.0629 e. The van der Waals surface area contributed by atoms with Gasteiger partial charge < -0.3 is 4.74 Å². The topological polar surface area (TPSA) is 12.5 Å². The van der Waals surface area contributed by atoms with Crippen molar-refractivity contribution in [1.29, 1.82) is 0 Å². The van der Waals surface area contributed by atoms with E-state index in [0.29, 0.717) is 12.1 Å². The number of hydrogen-bond donors (Lipinski definition) is 0. The van der Waals surface area contributed by atoms with Gasteiger partial charge in [-0.3, -0.25) is 4.90 Å². The summed E-state index contributed by atoms with van der Waals surface area (Å²) in [4.78, 5) is 2.56. The lowest BCUT2D eigenvalue weighted by Crippen LogP contribution is -2.40. The van der Waals surface area contributed by atoms with E-state index in [9.17, 15) is 0 Å². The molecule has 1 saturated heterocycles. The van der Waals surface area contributed by atoms with E-state index in [0.717, 1.165) is 6.61 Å². The lowest BCUT2D eigenvalue weighted by molar-refractivity contribution is -0.0319. The van der Waals surface area contributed by atoms with Crippen LogP contribution >= 0.6 is 0 Å². The fraction of sp³-hybridized carbons (Fsp3) is 1.00. The summed E-state index contributed by atoms with van der Waals surface area (Å²) in [5.41, 5.74) is 0.00520. The van der Waals surface area contributed by atoms with Gasteiger partial charge in [0.25, 0.3) is 0 Å². The first-order valence-corrected chi connectivity index (χ1v) is 5.80. The average molecular weight is 199 g/mol. The minimum absolute atomic E-state index is 0.00520. The van der Waals surface area contributed by atoms with Gasteiger partial charge in [0, 0.05) is 12.1 Å². The van der Waals surface area contributed by atoms with Crippen molar-refractivity contribution in [2.24, 2.45) is 0 Å². The molecule has 0 saturated carbocycles. The van der Waals surface area contributed by atoms with Crippen molar-refractivity contribution in [2.75, 3.05) is 13.2 Å². The third kappa shape index (κ3) is 3.58. The van der Waals surface area contributed by atoms with Crippen molar-refractivity contribution in [1.82, 2.24) is 4.90 Å². The molecule has 0 unspecified atom stereocenters. The third-order valence-electron chi connectivity index (χ3n) is 2.79. The highest BCUT2D eigenvalue weighted by Crippen LogP contribution is 2.21. The third-order valence-corrected chi connectivity index (χ3v) is 2.79. The van der Waals surface area contributed by atoms with E-state index < -0.39 is 0 Å². The van der Waals surface area contributed by atoms with Crippen LogP contribution in [0.1, 0.15) is 47.5 Å². The fourth-order valence-electron chi connectivity index (χ4n) is 2.06. The Morgan fingerprint density at radius 2 is 2.00 bits per heavy atom. The molecule has 0 N–H and O–H groups in total. The number of nitrogens with zero attached hydrogens (tertiary/aromatic N) is 1. The molecule has 0 amide bonds. The molecule has 1 fully saturated rings. The van der Waals surface area contributed by atoms with Crippen LogP contribution in [0.25, 0.3) is 0 Å². The zero-order valence-electron chi connectivity index (χ0n) is 10.3. The Labute approximate surface area is 88.6 Å². The van der Waals surface area contributed by atoms with Crippen molar-refractivity contribution in [3.63, 3.8) is 0 Å². The summed E-state index contributed by atoms with van der Waals surface area (Å²) in [6.07, 6.45) is 2.63. The molecule has 0 radical (unpaired) electrons. The second kappa shape index (κ2) is 4.63. The molecule has 0 aromatic heterocycles. The molecular formula is C12H25NO. The molecule has 14 heavy (non-hydrogen) atoms. The average Bonchev–Trinajstić information content (AvgIpc) is 2.46. The molecule has 0 aromatic carbocycles. The quantitative estimate of drug-likeness (QED) is 0.693. The number of rotatable bonds is 3. The molecule has 0 aromatic rings. The molecule has 84 valence electrons.